The van der Waals surface area contributed by atoms with Crippen LogP contribution in [-0.4, -0.2) is 51.4 Å². The van der Waals surface area contributed by atoms with Crippen molar-refractivity contribution in [2.45, 2.75) is 31.6 Å². The van der Waals surface area contributed by atoms with Gasteiger partial charge in [-0.05, 0) is 31.9 Å². The minimum absolute atomic E-state index is 0.0937. The summed E-state index contributed by atoms with van der Waals surface area (Å²) in [7, 11) is -3.13. The second-order valence-corrected chi connectivity index (χ2v) is 9.37. The molecule has 0 spiro atoms. The van der Waals surface area contributed by atoms with Crippen LogP contribution in [0.15, 0.2) is 16.5 Å². The average molecular weight is 340 g/mol. The highest BCUT2D eigenvalue weighted by Gasteiger charge is 2.51. The van der Waals surface area contributed by atoms with E-state index in [-0.39, 0.29) is 10.7 Å². The van der Waals surface area contributed by atoms with Crippen molar-refractivity contribution in [3.8, 4) is 0 Å². The van der Waals surface area contributed by atoms with E-state index in [1.54, 1.807) is 0 Å². The first-order valence-corrected chi connectivity index (χ1v) is 9.85. The van der Waals surface area contributed by atoms with Crippen molar-refractivity contribution in [2.75, 3.05) is 32.8 Å². The van der Waals surface area contributed by atoms with Crippen LogP contribution in [0.4, 0.5) is 0 Å². The Kier molecular flexibility index (Phi) is 3.79. The van der Waals surface area contributed by atoms with Crippen LogP contribution in [0.25, 0.3) is 0 Å². The van der Waals surface area contributed by atoms with Crippen molar-refractivity contribution < 1.29 is 17.6 Å². The average Bonchev–Trinajstić information content (AvgIpc) is 3.07. The smallest absolute Gasteiger partial charge is 0.214 e. The molecule has 3 aliphatic rings. The fourth-order valence-corrected chi connectivity index (χ4v) is 5.33. The van der Waals surface area contributed by atoms with Crippen molar-refractivity contribution in [3.05, 3.63) is 23.7 Å². The molecule has 7 heteroatoms. The van der Waals surface area contributed by atoms with E-state index in [0.29, 0.717) is 19.1 Å². The van der Waals surface area contributed by atoms with Gasteiger partial charge < -0.3 is 9.15 Å². The highest BCUT2D eigenvalue weighted by atomic mass is 32.2. The molecule has 2 atom stereocenters. The van der Waals surface area contributed by atoms with Gasteiger partial charge in [0.05, 0.1) is 25.0 Å². The number of rotatable bonds is 6. The Morgan fingerprint density at radius 1 is 1.39 bits per heavy atom. The molecule has 0 amide bonds. The fraction of sp³-hybridized carbons (Fsp3) is 0.750. The predicted molar refractivity (Wildman–Crippen MR) is 85.4 cm³/mol. The normalized spacial score (nSPS) is 31.6. The molecule has 23 heavy (non-hydrogen) atoms. The lowest BCUT2D eigenvalue weighted by molar-refractivity contribution is 0.126. The molecule has 3 fully saturated rings. The van der Waals surface area contributed by atoms with Gasteiger partial charge in [0.2, 0.25) is 10.0 Å². The van der Waals surface area contributed by atoms with Gasteiger partial charge in [-0.25, -0.2) is 13.1 Å². The quantitative estimate of drug-likeness (QED) is 0.840. The molecule has 0 radical (unpaired) electrons. The van der Waals surface area contributed by atoms with Crippen molar-refractivity contribution in [1.29, 1.82) is 0 Å². The Labute approximate surface area is 137 Å². The van der Waals surface area contributed by atoms with E-state index in [2.05, 4.69) is 9.62 Å². The van der Waals surface area contributed by atoms with Crippen LogP contribution in [0.2, 0.25) is 0 Å². The Bertz CT molecular complexity index is 682. The van der Waals surface area contributed by atoms with E-state index in [9.17, 15) is 8.42 Å². The lowest BCUT2D eigenvalue weighted by Gasteiger charge is -2.27. The maximum Gasteiger partial charge on any atom is 0.214 e. The third-order valence-electron chi connectivity index (χ3n) is 5.36. The predicted octanol–water partition coefficient (Wildman–Crippen LogP) is 1.12. The zero-order valence-electron chi connectivity index (χ0n) is 13.5. The number of hydrogen-bond donors (Lipinski definition) is 1. The number of nitrogens with one attached hydrogen (secondary N) is 1. The molecular formula is C16H24N2O4S. The summed E-state index contributed by atoms with van der Waals surface area (Å²) in [4.78, 5) is 2.36. The van der Waals surface area contributed by atoms with Crippen molar-refractivity contribution in [3.63, 3.8) is 0 Å². The third-order valence-corrected chi connectivity index (χ3v) is 7.25. The van der Waals surface area contributed by atoms with E-state index in [4.69, 9.17) is 9.15 Å². The van der Waals surface area contributed by atoms with Crippen molar-refractivity contribution in [2.24, 2.45) is 11.3 Å². The third kappa shape index (κ3) is 3.07. The zero-order valence-corrected chi connectivity index (χ0v) is 14.3. The number of nitrogens with zero attached hydrogens (tertiary/aromatic N) is 1. The standard InChI is InChI=1S/C16H24N2O4S/c1-12-2-3-14(22-12)7-18-6-13-8-21-11-16(13,10-18)9-17-23(19,20)15-4-5-15/h2-3,13,15,17H,4-11H2,1H3/t13-,16+/m1/s1. The van der Waals surface area contributed by atoms with Crippen LogP contribution in [0.1, 0.15) is 24.4 Å². The molecule has 3 heterocycles. The first-order valence-electron chi connectivity index (χ1n) is 8.31. The minimum atomic E-state index is -3.13. The highest BCUT2D eigenvalue weighted by Crippen LogP contribution is 2.42. The second kappa shape index (κ2) is 5.58. The van der Waals surface area contributed by atoms with Gasteiger partial charge in [-0.2, -0.15) is 0 Å². The highest BCUT2D eigenvalue weighted by molar-refractivity contribution is 7.90. The van der Waals surface area contributed by atoms with Gasteiger partial charge in [0.1, 0.15) is 11.5 Å². The molecule has 1 aromatic heterocycles. The van der Waals surface area contributed by atoms with Gasteiger partial charge in [0.15, 0.2) is 0 Å². The zero-order chi connectivity index (χ0) is 16.1. The lowest BCUT2D eigenvalue weighted by Crippen LogP contribution is -2.43. The molecule has 1 N–H and O–H groups in total. The van der Waals surface area contributed by atoms with Gasteiger partial charge in [-0.1, -0.05) is 0 Å². The summed E-state index contributed by atoms with van der Waals surface area (Å²) in [5, 5.41) is -0.164. The van der Waals surface area contributed by atoms with E-state index >= 15 is 0 Å². The van der Waals surface area contributed by atoms with Gasteiger partial charge in [-0.3, -0.25) is 4.90 Å². The molecule has 1 saturated carbocycles. The summed E-state index contributed by atoms with van der Waals surface area (Å²) in [6.45, 7) is 6.36. The Morgan fingerprint density at radius 2 is 2.22 bits per heavy atom. The van der Waals surface area contributed by atoms with E-state index in [1.807, 2.05) is 19.1 Å². The molecule has 1 aromatic rings. The summed E-state index contributed by atoms with van der Waals surface area (Å²) in [6, 6.07) is 4.00. The lowest BCUT2D eigenvalue weighted by atomic mass is 9.81. The van der Waals surface area contributed by atoms with Crippen LogP contribution >= 0.6 is 0 Å². The number of aryl methyl sites for hydroxylation is 1. The van der Waals surface area contributed by atoms with Gasteiger partial charge in [0.25, 0.3) is 0 Å². The second-order valence-electron chi connectivity index (χ2n) is 7.32. The topological polar surface area (TPSA) is 71.8 Å². The Hall–Kier alpha value is -0.890. The molecule has 2 aliphatic heterocycles. The summed E-state index contributed by atoms with van der Waals surface area (Å²) in [5.41, 5.74) is -0.0937. The summed E-state index contributed by atoms with van der Waals surface area (Å²) >= 11 is 0. The number of likely N-dealkylation sites (tertiary alicyclic amines) is 1. The number of sulfonamides is 1. The largest absolute Gasteiger partial charge is 0.465 e. The molecule has 0 aromatic carbocycles. The van der Waals surface area contributed by atoms with Crippen molar-refractivity contribution >= 4 is 10.0 Å². The van der Waals surface area contributed by atoms with Gasteiger partial charge in [0, 0.05) is 31.0 Å². The van der Waals surface area contributed by atoms with Crippen molar-refractivity contribution in [1.82, 2.24) is 9.62 Å². The van der Waals surface area contributed by atoms with Crippen LogP contribution in [0, 0.1) is 18.3 Å². The number of furan rings is 1. The minimum Gasteiger partial charge on any atom is -0.465 e. The van der Waals surface area contributed by atoms with Gasteiger partial charge >= 0.3 is 0 Å². The molecule has 1 aliphatic carbocycles. The Balaban J connectivity index is 1.42. The van der Waals surface area contributed by atoms with E-state index in [1.165, 1.54) is 0 Å². The first kappa shape index (κ1) is 15.6. The van der Waals surface area contributed by atoms with Crippen LogP contribution < -0.4 is 4.72 Å². The number of ether oxygens (including phenoxy) is 1. The molecule has 6 nitrogen and oxygen atoms in total. The fourth-order valence-electron chi connectivity index (χ4n) is 3.84. The van der Waals surface area contributed by atoms with Crippen LogP contribution in [0.5, 0.6) is 0 Å². The summed E-state index contributed by atoms with van der Waals surface area (Å²) < 4.78 is 38.5. The maximum absolute atomic E-state index is 12.1. The SMILES string of the molecule is Cc1ccc(CN2C[C@@H]3COC[C@]3(CNS(=O)(=O)C3CC3)C2)o1. The van der Waals surface area contributed by atoms with E-state index < -0.39 is 10.0 Å². The molecule has 128 valence electrons. The Morgan fingerprint density at radius 3 is 2.91 bits per heavy atom. The van der Waals surface area contributed by atoms with E-state index in [0.717, 1.165) is 50.6 Å². The first-order chi connectivity index (χ1) is 11.0. The molecule has 4 rings (SSSR count). The summed E-state index contributed by atoms with van der Waals surface area (Å²) in [5.74, 6) is 2.28. The van der Waals surface area contributed by atoms with Gasteiger partial charge in [-0.15, -0.1) is 0 Å². The van der Waals surface area contributed by atoms with Crippen LogP contribution in [0.3, 0.4) is 0 Å². The van der Waals surface area contributed by atoms with Crippen LogP contribution in [-0.2, 0) is 21.3 Å². The summed E-state index contributed by atoms with van der Waals surface area (Å²) in [6.07, 6.45) is 1.60. The molecule has 0 unspecified atom stereocenters. The monoisotopic (exact) mass is 340 g/mol. The number of fused-ring (bicyclic) bond motifs is 1. The number of hydrogen-bond acceptors (Lipinski definition) is 5. The maximum atomic E-state index is 12.1. The molecule has 2 saturated heterocycles. The molecule has 0 bridgehead atoms. The molecular weight excluding hydrogens is 316 g/mol.